The van der Waals surface area contributed by atoms with E-state index in [2.05, 4.69) is 55.7 Å². The maximum atomic E-state index is 12.2. The zero-order valence-corrected chi connectivity index (χ0v) is 15.3. The molecule has 0 aliphatic heterocycles. The van der Waals surface area contributed by atoms with Crippen LogP contribution in [-0.2, 0) is 4.79 Å². The molecule has 0 spiro atoms. The Labute approximate surface area is 145 Å². The van der Waals surface area contributed by atoms with Gasteiger partial charge in [-0.15, -0.1) is 0 Å². The van der Waals surface area contributed by atoms with Crippen LogP contribution in [0.15, 0.2) is 42.5 Å². The molecule has 128 valence electrons. The van der Waals surface area contributed by atoms with Crippen molar-refractivity contribution in [1.82, 2.24) is 5.32 Å². The number of nitrogens with one attached hydrogen (secondary N) is 2. The van der Waals surface area contributed by atoms with Crippen molar-refractivity contribution in [2.24, 2.45) is 0 Å². The van der Waals surface area contributed by atoms with Crippen molar-refractivity contribution < 1.29 is 4.79 Å². The summed E-state index contributed by atoms with van der Waals surface area (Å²) in [5.41, 5.74) is 5.61. The Morgan fingerprint density at radius 1 is 0.917 bits per heavy atom. The first kappa shape index (κ1) is 18.2. The first-order valence-corrected chi connectivity index (χ1v) is 8.57. The molecule has 0 saturated carbocycles. The molecule has 3 nitrogen and oxygen atoms in total. The van der Waals surface area contributed by atoms with Crippen LogP contribution in [0, 0.1) is 13.8 Å². The molecule has 1 amide bonds. The predicted molar refractivity (Wildman–Crippen MR) is 101 cm³/mol. The van der Waals surface area contributed by atoms with E-state index in [9.17, 15) is 4.79 Å². The van der Waals surface area contributed by atoms with E-state index in [-0.39, 0.29) is 11.9 Å². The Morgan fingerprint density at radius 2 is 1.46 bits per heavy atom. The second kappa shape index (κ2) is 8.11. The lowest BCUT2D eigenvalue weighted by Crippen LogP contribution is -2.30. The third kappa shape index (κ3) is 4.68. The van der Waals surface area contributed by atoms with Gasteiger partial charge >= 0.3 is 0 Å². The summed E-state index contributed by atoms with van der Waals surface area (Å²) in [6.45, 7) is 10.8. The number of hydrogen-bond donors (Lipinski definition) is 2. The average molecular weight is 324 g/mol. The summed E-state index contributed by atoms with van der Waals surface area (Å²) in [5.74, 6) is 0.517. The summed E-state index contributed by atoms with van der Waals surface area (Å²) in [7, 11) is 0. The molecule has 0 bridgehead atoms. The summed E-state index contributed by atoms with van der Waals surface area (Å²) < 4.78 is 0. The molecular weight excluding hydrogens is 296 g/mol. The molecule has 2 N–H and O–H groups in total. The number of aryl methyl sites for hydroxylation is 2. The SMILES string of the molecule is Cc1cccc(C)c1NC(=O)CN[C@@H](C)c1ccc(C(C)C)cc1. The molecule has 0 unspecified atom stereocenters. The van der Waals surface area contributed by atoms with E-state index in [1.165, 1.54) is 11.1 Å². The van der Waals surface area contributed by atoms with Crippen LogP contribution >= 0.6 is 0 Å². The monoisotopic (exact) mass is 324 g/mol. The van der Waals surface area contributed by atoms with E-state index in [0.29, 0.717) is 12.5 Å². The molecule has 0 aromatic heterocycles. The number of para-hydroxylation sites is 1. The molecule has 2 aromatic rings. The molecule has 0 aliphatic carbocycles. The fraction of sp³-hybridized carbons (Fsp3) is 0.381. The quantitative estimate of drug-likeness (QED) is 0.807. The highest BCUT2D eigenvalue weighted by molar-refractivity contribution is 5.93. The second-order valence-corrected chi connectivity index (χ2v) is 6.74. The van der Waals surface area contributed by atoms with Gasteiger partial charge in [0.05, 0.1) is 6.54 Å². The lowest BCUT2D eigenvalue weighted by molar-refractivity contribution is -0.115. The van der Waals surface area contributed by atoms with Crippen LogP contribution in [0.5, 0.6) is 0 Å². The maximum absolute atomic E-state index is 12.2. The first-order valence-electron chi connectivity index (χ1n) is 8.57. The molecular formula is C21H28N2O. The van der Waals surface area contributed by atoms with E-state index in [4.69, 9.17) is 0 Å². The molecule has 0 heterocycles. The highest BCUT2D eigenvalue weighted by atomic mass is 16.1. The Morgan fingerprint density at radius 3 is 2.00 bits per heavy atom. The zero-order valence-electron chi connectivity index (χ0n) is 15.3. The topological polar surface area (TPSA) is 41.1 Å². The van der Waals surface area contributed by atoms with Crippen molar-refractivity contribution in [3.05, 3.63) is 64.7 Å². The zero-order chi connectivity index (χ0) is 17.7. The summed E-state index contributed by atoms with van der Waals surface area (Å²) >= 11 is 0. The van der Waals surface area contributed by atoms with E-state index < -0.39 is 0 Å². The first-order chi connectivity index (χ1) is 11.4. The van der Waals surface area contributed by atoms with Crippen molar-refractivity contribution >= 4 is 11.6 Å². The Kier molecular flexibility index (Phi) is 6.16. The number of anilines is 1. The molecule has 0 fully saturated rings. The smallest absolute Gasteiger partial charge is 0.238 e. The summed E-state index contributed by atoms with van der Waals surface area (Å²) in [6, 6.07) is 14.7. The Bertz CT molecular complexity index is 669. The van der Waals surface area contributed by atoms with Gasteiger partial charge in [-0.3, -0.25) is 4.79 Å². The fourth-order valence-electron chi connectivity index (χ4n) is 2.73. The molecule has 24 heavy (non-hydrogen) atoms. The molecule has 2 aromatic carbocycles. The summed E-state index contributed by atoms with van der Waals surface area (Å²) in [5, 5.41) is 6.30. The molecule has 1 atom stereocenters. The van der Waals surface area contributed by atoms with Crippen LogP contribution in [0.25, 0.3) is 0 Å². The molecule has 2 rings (SSSR count). The van der Waals surface area contributed by atoms with E-state index >= 15 is 0 Å². The third-order valence-electron chi connectivity index (χ3n) is 4.42. The molecule has 3 heteroatoms. The van der Waals surface area contributed by atoms with Crippen LogP contribution in [0.3, 0.4) is 0 Å². The van der Waals surface area contributed by atoms with E-state index in [1.54, 1.807) is 0 Å². The molecule has 0 radical (unpaired) electrons. The van der Waals surface area contributed by atoms with Crippen molar-refractivity contribution in [3.63, 3.8) is 0 Å². The van der Waals surface area contributed by atoms with Gasteiger partial charge in [0.25, 0.3) is 0 Å². The van der Waals surface area contributed by atoms with Gasteiger partial charge in [0.15, 0.2) is 0 Å². The van der Waals surface area contributed by atoms with E-state index in [0.717, 1.165) is 16.8 Å². The summed E-state index contributed by atoms with van der Waals surface area (Å²) in [4.78, 5) is 12.2. The van der Waals surface area contributed by atoms with Crippen LogP contribution in [0.2, 0.25) is 0 Å². The third-order valence-corrected chi connectivity index (χ3v) is 4.42. The fourth-order valence-corrected chi connectivity index (χ4v) is 2.73. The van der Waals surface area contributed by atoms with Crippen LogP contribution in [0.1, 0.15) is 55.0 Å². The normalized spacial score (nSPS) is 12.2. The molecule has 0 saturated heterocycles. The summed E-state index contributed by atoms with van der Waals surface area (Å²) in [6.07, 6.45) is 0. The van der Waals surface area contributed by atoms with Gasteiger partial charge in [-0.25, -0.2) is 0 Å². The minimum Gasteiger partial charge on any atom is -0.324 e. The van der Waals surface area contributed by atoms with Crippen molar-refractivity contribution in [2.75, 3.05) is 11.9 Å². The van der Waals surface area contributed by atoms with Crippen molar-refractivity contribution in [2.45, 2.75) is 46.6 Å². The Hall–Kier alpha value is -2.13. The number of benzene rings is 2. The lowest BCUT2D eigenvalue weighted by Gasteiger charge is -2.16. The van der Waals surface area contributed by atoms with Gasteiger partial charge in [0, 0.05) is 11.7 Å². The van der Waals surface area contributed by atoms with Gasteiger partial charge < -0.3 is 10.6 Å². The average Bonchev–Trinajstić information content (AvgIpc) is 2.56. The largest absolute Gasteiger partial charge is 0.324 e. The molecule has 0 aliphatic rings. The number of rotatable bonds is 6. The van der Waals surface area contributed by atoms with Crippen LogP contribution in [0.4, 0.5) is 5.69 Å². The number of carbonyl (C=O) groups excluding carboxylic acids is 1. The highest BCUT2D eigenvalue weighted by Crippen LogP contribution is 2.20. The van der Waals surface area contributed by atoms with Gasteiger partial charge in [-0.1, -0.05) is 56.3 Å². The van der Waals surface area contributed by atoms with E-state index in [1.807, 2.05) is 32.0 Å². The van der Waals surface area contributed by atoms with Crippen LogP contribution in [-0.4, -0.2) is 12.5 Å². The minimum atomic E-state index is -0.0157. The standard InChI is InChI=1S/C21H28N2O/c1-14(2)18-9-11-19(12-10-18)17(5)22-13-20(24)23-21-15(3)7-6-8-16(21)4/h6-12,14,17,22H,13H2,1-5H3,(H,23,24)/t17-/m0/s1. The maximum Gasteiger partial charge on any atom is 0.238 e. The second-order valence-electron chi connectivity index (χ2n) is 6.74. The number of hydrogen-bond acceptors (Lipinski definition) is 2. The van der Waals surface area contributed by atoms with Crippen molar-refractivity contribution in [1.29, 1.82) is 0 Å². The van der Waals surface area contributed by atoms with Gasteiger partial charge in [0.2, 0.25) is 5.91 Å². The number of carbonyl (C=O) groups is 1. The van der Waals surface area contributed by atoms with Gasteiger partial charge in [-0.2, -0.15) is 0 Å². The van der Waals surface area contributed by atoms with Gasteiger partial charge in [-0.05, 0) is 48.9 Å². The predicted octanol–water partition coefficient (Wildman–Crippen LogP) is 4.72. The van der Waals surface area contributed by atoms with Crippen LogP contribution < -0.4 is 10.6 Å². The lowest BCUT2D eigenvalue weighted by atomic mass is 9.99. The highest BCUT2D eigenvalue weighted by Gasteiger charge is 2.10. The number of amides is 1. The van der Waals surface area contributed by atoms with Crippen molar-refractivity contribution in [3.8, 4) is 0 Å². The Balaban J connectivity index is 1.91. The minimum absolute atomic E-state index is 0.0157. The van der Waals surface area contributed by atoms with Gasteiger partial charge in [0.1, 0.15) is 0 Å².